The van der Waals surface area contributed by atoms with Gasteiger partial charge >= 0.3 is 18.2 Å². The lowest BCUT2D eigenvalue weighted by Crippen LogP contribution is -2.19. The Hall–Kier alpha value is -3.10. The number of imidazole rings is 1. The molecule has 9 heteroatoms. The minimum atomic E-state index is -0.891. The van der Waals surface area contributed by atoms with Crippen LogP contribution in [0.4, 0.5) is 25.5 Å². The molecule has 1 aromatic heterocycles. The second-order valence-electron chi connectivity index (χ2n) is 4.85. The number of rotatable bonds is 4. The summed E-state index contributed by atoms with van der Waals surface area (Å²) in [6.07, 6.45) is 0.557. The molecule has 8 nitrogen and oxygen atoms in total. The Kier molecular flexibility index (Phi) is 5.35. The van der Waals surface area contributed by atoms with Gasteiger partial charge in [-0.2, -0.15) is 4.98 Å². The Labute approximate surface area is 137 Å². The lowest BCUT2D eigenvalue weighted by molar-refractivity contribution is 0.0996. The first-order valence-corrected chi connectivity index (χ1v) is 7.11. The Balaban J connectivity index is 1.98. The number of aryl methyl sites for hydroxylation is 2. The summed E-state index contributed by atoms with van der Waals surface area (Å²) in [6, 6.07) is 3.69. The zero-order valence-corrected chi connectivity index (χ0v) is 13.4. The quantitative estimate of drug-likeness (QED) is 0.837. The van der Waals surface area contributed by atoms with E-state index in [0.717, 1.165) is 0 Å². The number of nitrogens with one attached hydrogen (secondary N) is 2. The maximum atomic E-state index is 13.4. The van der Waals surface area contributed by atoms with Crippen molar-refractivity contribution in [1.29, 1.82) is 0 Å². The number of carbonyl (C=O) groups is 2. The van der Waals surface area contributed by atoms with Crippen LogP contribution in [0.3, 0.4) is 0 Å². The van der Waals surface area contributed by atoms with Gasteiger partial charge in [-0.25, -0.2) is 14.0 Å². The second-order valence-corrected chi connectivity index (χ2v) is 4.85. The van der Waals surface area contributed by atoms with E-state index in [-0.39, 0.29) is 18.4 Å². The molecular weight excluding hydrogens is 319 g/mol. The molecule has 2 aromatic rings. The van der Waals surface area contributed by atoms with Gasteiger partial charge in [0, 0.05) is 12.7 Å². The number of amides is 2. The number of hydrogen-bond acceptors (Lipinski definition) is 5. The van der Waals surface area contributed by atoms with Crippen molar-refractivity contribution in [3.8, 4) is 6.01 Å². The number of anilines is 2. The predicted octanol–water partition coefficient (Wildman–Crippen LogP) is 3.05. The van der Waals surface area contributed by atoms with E-state index in [2.05, 4.69) is 20.4 Å². The van der Waals surface area contributed by atoms with Crippen LogP contribution in [0.25, 0.3) is 0 Å². The highest BCUT2D eigenvalue weighted by Gasteiger charge is 2.14. The van der Waals surface area contributed by atoms with E-state index in [1.165, 1.54) is 16.8 Å². The molecule has 2 rings (SSSR count). The number of aromatic nitrogens is 2. The number of nitrogens with zero attached hydrogens (tertiary/aromatic N) is 2. The van der Waals surface area contributed by atoms with Crippen LogP contribution >= 0.6 is 0 Å². The third-order valence-electron chi connectivity index (χ3n) is 2.94. The Morgan fingerprint density at radius 3 is 2.75 bits per heavy atom. The largest absolute Gasteiger partial charge is 0.516 e. The third kappa shape index (κ3) is 4.45. The Bertz CT molecular complexity index is 760. The van der Waals surface area contributed by atoms with Crippen LogP contribution in [0.15, 0.2) is 24.4 Å². The van der Waals surface area contributed by atoms with Crippen LogP contribution in [0.5, 0.6) is 6.01 Å². The summed E-state index contributed by atoms with van der Waals surface area (Å²) in [5.74, 6) is -0.266. The number of hydrogen-bond donors (Lipinski definition) is 2. The molecule has 0 aliphatic heterocycles. The molecule has 24 heavy (non-hydrogen) atoms. The summed E-state index contributed by atoms with van der Waals surface area (Å²) >= 11 is 0. The molecule has 0 fully saturated rings. The highest BCUT2D eigenvalue weighted by atomic mass is 19.1. The van der Waals surface area contributed by atoms with Crippen molar-refractivity contribution in [2.75, 3.05) is 17.2 Å². The molecule has 1 aromatic carbocycles. The van der Waals surface area contributed by atoms with Crippen molar-refractivity contribution in [3.05, 3.63) is 35.8 Å². The zero-order valence-electron chi connectivity index (χ0n) is 13.4. The smallest absolute Gasteiger partial charge is 0.434 e. The monoisotopic (exact) mass is 336 g/mol. The van der Waals surface area contributed by atoms with Crippen LogP contribution in [0.1, 0.15) is 12.5 Å². The fraction of sp³-hybridized carbons (Fsp3) is 0.267. The van der Waals surface area contributed by atoms with E-state index < -0.39 is 18.0 Å². The molecule has 0 aliphatic carbocycles. The fourth-order valence-electron chi connectivity index (χ4n) is 1.78. The summed E-state index contributed by atoms with van der Waals surface area (Å²) < 4.78 is 24.4. The van der Waals surface area contributed by atoms with Crippen LogP contribution in [-0.2, 0) is 11.8 Å². The summed E-state index contributed by atoms with van der Waals surface area (Å²) in [5.41, 5.74) is 0.779. The number of benzene rings is 1. The van der Waals surface area contributed by atoms with Gasteiger partial charge in [0.1, 0.15) is 5.82 Å². The zero-order chi connectivity index (χ0) is 17.7. The molecule has 1 heterocycles. The van der Waals surface area contributed by atoms with Gasteiger partial charge in [0.2, 0.25) is 0 Å². The molecule has 0 saturated heterocycles. The van der Waals surface area contributed by atoms with Gasteiger partial charge in [-0.15, -0.1) is 0 Å². The molecule has 2 N–H and O–H groups in total. The molecule has 128 valence electrons. The molecule has 2 amide bonds. The summed E-state index contributed by atoms with van der Waals surface area (Å²) in [7, 11) is 1.58. The van der Waals surface area contributed by atoms with Crippen molar-refractivity contribution < 1.29 is 23.5 Å². The topological polar surface area (TPSA) is 94.5 Å². The van der Waals surface area contributed by atoms with E-state index in [9.17, 15) is 14.0 Å². The summed E-state index contributed by atoms with van der Waals surface area (Å²) in [5, 5.41) is 4.93. The van der Waals surface area contributed by atoms with Crippen molar-refractivity contribution >= 4 is 23.7 Å². The molecule has 0 spiro atoms. The van der Waals surface area contributed by atoms with Crippen molar-refractivity contribution in [3.63, 3.8) is 0 Å². The Morgan fingerprint density at radius 2 is 2.08 bits per heavy atom. The maximum Gasteiger partial charge on any atom is 0.516 e. The minimum Gasteiger partial charge on any atom is -0.434 e. The van der Waals surface area contributed by atoms with Gasteiger partial charge in [0.15, 0.2) is 5.82 Å². The van der Waals surface area contributed by atoms with Gasteiger partial charge in [0.05, 0.1) is 12.8 Å². The third-order valence-corrected chi connectivity index (χ3v) is 2.94. The Morgan fingerprint density at radius 1 is 1.33 bits per heavy atom. The molecule has 0 bridgehead atoms. The van der Waals surface area contributed by atoms with Crippen molar-refractivity contribution in [1.82, 2.24) is 9.55 Å². The number of halogens is 1. The predicted molar refractivity (Wildman–Crippen MR) is 84.6 cm³/mol. The lowest BCUT2D eigenvalue weighted by Gasteiger charge is -2.06. The van der Waals surface area contributed by atoms with Crippen molar-refractivity contribution in [2.45, 2.75) is 13.8 Å². The first-order valence-electron chi connectivity index (χ1n) is 7.11. The molecular formula is C15H17FN4O4. The maximum absolute atomic E-state index is 13.4. The number of ether oxygens (including phenoxy) is 2. The average molecular weight is 336 g/mol. The van der Waals surface area contributed by atoms with Crippen LogP contribution < -0.4 is 15.4 Å². The first kappa shape index (κ1) is 17.3. The normalized spacial score (nSPS) is 10.2. The van der Waals surface area contributed by atoms with Gasteiger partial charge < -0.3 is 19.4 Å². The molecule has 0 unspecified atom stereocenters. The fourth-order valence-corrected chi connectivity index (χ4v) is 1.78. The van der Waals surface area contributed by atoms with Crippen molar-refractivity contribution in [2.24, 2.45) is 7.05 Å². The van der Waals surface area contributed by atoms with E-state index in [4.69, 9.17) is 4.74 Å². The van der Waals surface area contributed by atoms with Gasteiger partial charge in [-0.3, -0.25) is 5.32 Å². The molecule has 0 radical (unpaired) electrons. The first-order chi connectivity index (χ1) is 11.4. The van der Waals surface area contributed by atoms with Gasteiger partial charge in [-0.05, 0) is 31.5 Å². The van der Waals surface area contributed by atoms with E-state index in [0.29, 0.717) is 11.3 Å². The molecule has 0 atom stereocenters. The second kappa shape index (κ2) is 7.44. The van der Waals surface area contributed by atoms with Crippen LogP contribution in [0.2, 0.25) is 0 Å². The molecule has 0 saturated carbocycles. The highest BCUT2D eigenvalue weighted by molar-refractivity contribution is 5.99. The summed E-state index contributed by atoms with van der Waals surface area (Å²) in [6.45, 7) is 3.44. The van der Waals surface area contributed by atoms with Gasteiger partial charge in [0.25, 0.3) is 0 Å². The average Bonchev–Trinajstić information content (AvgIpc) is 2.82. The number of carbonyl (C=O) groups excluding carboxylic acids is 2. The standard InChI is InChI=1S/C15H17FN4O4/c1-4-23-15(22)24-14-19-12(8-20(14)3)18-13(21)17-10-6-5-9(2)11(16)7-10/h5-8H,4H2,1-3H3,(H2,17,18,21). The highest BCUT2D eigenvalue weighted by Crippen LogP contribution is 2.16. The van der Waals surface area contributed by atoms with E-state index in [1.54, 1.807) is 33.0 Å². The molecule has 0 aliphatic rings. The van der Waals surface area contributed by atoms with E-state index in [1.807, 2.05) is 0 Å². The van der Waals surface area contributed by atoms with Gasteiger partial charge in [-0.1, -0.05) is 6.07 Å². The summed E-state index contributed by atoms with van der Waals surface area (Å²) in [4.78, 5) is 27.1. The van der Waals surface area contributed by atoms with E-state index >= 15 is 0 Å². The van der Waals surface area contributed by atoms with Crippen LogP contribution in [0, 0.1) is 12.7 Å². The number of urea groups is 1. The van der Waals surface area contributed by atoms with Crippen LogP contribution in [-0.4, -0.2) is 28.3 Å². The SMILES string of the molecule is CCOC(=O)Oc1nc(NC(=O)Nc2ccc(C)c(F)c2)cn1C. The minimum absolute atomic E-state index is 0.0369. The lowest BCUT2D eigenvalue weighted by atomic mass is 10.2.